The zero-order chi connectivity index (χ0) is 28.2. The van der Waals surface area contributed by atoms with E-state index in [1.165, 1.54) is 29.8 Å². The van der Waals surface area contributed by atoms with E-state index >= 15 is 0 Å². The Morgan fingerprint density at radius 2 is 1.93 bits per heavy atom. The number of rotatable bonds is 7. The van der Waals surface area contributed by atoms with E-state index in [1.54, 1.807) is 12.3 Å². The van der Waals surface area contributed by atoms with Crippen molar-refractivity contribution in [2.45, 2.75) is 34.7 Å². The van der Waals surface area contributed by atoms with Gasteiger partial charge >= 0.3 is 0 Å². The van der Waals surface area contributed by atoms with Gasteiger partial charge in [0.25, 0.3) is 0 Å². The number of hydrogen-bond donors (Lipinski definition) is 2. The average molecular weight is 616 g/mol. The predicted octanol–water partition coefficient (Wildman–Crippen LogP) is 3.19. The molecular weight excluding hydrogens is 591 g/mol. The Morgan fingerprint density at radius 3 is 2.55 bits per heavy atom. The van der Waals surface area contributed by atoms with E-state index in [-0.39, 0.29) is 16.7 Å². The Bertz CT molecular complexity index is 1380. The van der Waals surface area contributed by atoms with E-state index in [9.17, 15) is 19.0 Å². The van der Waals surface area contributed by atoms with E-state index in [0.29, 0.717) is 5.02 Å². The molecule has 6 rings (SSSR count). The molecule has 3 aliphatic heterocycles. The monoisotopic (exact) mass is 615 g/mol. The third-order valence-electron chi connectivity index (χ3n) is 7.40. The van der Waals surface area contributed by atoms with Crippen LogP contribution >= 0.6 is 35.0 Å². The van der Waals surface area contributed by atoms with Crippen LogP contribution in [-0.4, -0.2) is 94.0 Å². The van der Waals surface area contributed by atoms with Gasteiger partial charge in [-0.1, -0.05) is 40.2 Å². The first-order valence-corrected chi connectivity index (χ1v) is 14.0. The summed E-state index contributed by atoms with van der Waals surface area (Å²) in [5, 5.41) is 29.2. The molecule has 1 spiro atoms. The van der Waals surface area contributed by atoms with Gasteiger partial charge in [0.15, 0.2) is 0 Å². The van der Waals surface area contributed by atoms with Gasteiger partial charge in [-0.2, -0.15) is 0 Å². The molecule has 5 atom stereocenters. The minimum atomic E-state index is -1.24. The van der Waals surface area contributed by atoms with Gasteiger partial charge in [0.2, 0.25) is 0 Å². The number of aliphatic hydroxyl groups is 2. The van der Waals surface area contributed by atoms with Crippen molar-refractivity contribution in [3.63, 3.8) is 0 Å². The number of methoxy groups -OCH3 is 1. The molecule has 214 valence electrons. The highest BCUT2D eigenvalue weighted by molar-refractivity contribution is 8.00. The van der Waals surface area contributed by atoms with Gasteiger partial charge in [-0.25, -0.2) is 18.4 Å². The second kappa shape index (κ2) is 11.0. The lowest BCUT2D eigenvalue weighted by Crippen LogP contribution is -2.66. The molecule has 0 aliphatic carbocycles. The summed E-state index contributed by atoms with van der Waals surface area (Å²) in [6, 6.07) is 3.02. The Balaban J connectivity index is 1.29. The summed E-state index contributed by atoms with van der Waals surface area (Å²) in [5.41, 5.74) is -0.294. The molecule has 3 fully saturated rings. The molecule has 5 heterocycles. The highest BCUT2D eigenvalue weighted by Gasteiger charge is 2.51. The molecule has 15 heteroatoms. The predicted molar refractivity (Wildman–Crippen MR) is 143 cm³/mol. The quantitative estimate of drug-likeness (QED) is 0.384. The van der Waals surface area contributed by atoms with Crippen LogP contribution in [0.1, 0.15) is 6.04 Å². The van der Waals surface area contributed by atoms with Crippen LogP contribution in [0.3, 0.4) is 0 Å². The molecule has 0 bridgehead atoms. The number of anilines is 1. The normalized spacial score (nSPS) is 27.5. The molecule has 3 aromatic rings. The lowest BCUT2D eigenvalue weighted by Gasteiger charge is -2.55. The summed E-state index contributed by atoms with van der Waals surface area (Å²) in [4.78, 5) is 7.46. The van der Waals surface area contributed by atoms with E-state index in [0.717, 1.165) is 49.1 Å². The number of aliphatic hydroxyl groups excluding tert-OH is 2. The fourth-order valence-corrected chi connectivity index (χ4v) is 6.99. The number of aromatic nitrogens is 4. The summed E-state index contributed by atoms with van der Waals surface area (Å²) in [5.74, 6) is -1.14. The van der Waals surface area contributed by atoms with Crippen LogP contribution in [0.15, 0.2) is 35.5 Å². The van der Waals surface area contributed by atoms with Crippen LogP contribution < -0.4 is 4.90 Å². The largest absolute Gasteiger partial charge is 0.394 e. The van der Waals surface area contributed by atoms with Gasteiger partial charge in [0.05, 0.1) is 41.4 Å². The fourth-order valence-electron chi connectivity index (χ4n) is 5.32. The second-order valence-corrected chi connectivity index (χ2v) is 12.1. The SMILES string of the molecule is COC1[C@@H](Sc2cc(Cl)cnc2N2CC3(COC3)C2)OC(CO)[C@H](O)[C@@H]1n1cc(-c2cc(F)c(Cl)c(F)c2)nn1. The summed E-state index contributed by atoms with van der Waals surface area (Å²) >= 11 is 13.2. The molecule has 0 saturated carbocycles. The van der Waals surface area contributed by atoms with Crippen molar-refractivity contribution in [2.24, 2.45) is 5.41 Å². The van der Waals surface area contributed by atoms with Gasteiger partial charge < -0.3 is 29.3 Å². The smallest absolute Gasteiger partial charge is 0.145 e. The molecule has 40 heavy (non-hydrogen) atoms. The van der Waals surface area contributed by atoms with Crippen molar-refractivity contribution in [3.05, 3.63) is 52.3 Å². The van der Waals surface area contributed by atoms with E-state index in [4.69, 9.17) is 37.4 Å². The van der Waals surface area contributed by atoms with Crippen LogP contribution in [0.4, 0.5) is 14.6 Å². The zero-order valence-corrected chi connectivity index (χ0v) is 23.4. The number of nitrogens with zero attached hydrogens (tertiary/aromatic N) is 5. The molecule has 3 aliphatic rings. The van der Waals surface area contributed by atoms with Gasteiger partial charge in [0.1, 0.15) is 58.0 Å². The third-order valence-corrected chi connectivity index (χ3v) is 9.14. The molecule has 0 radical (unpaired) electrons. The first-order valence-electron chi connectivity index (χ1n) is 12.4. The van der Waals surface area contributed by atoms with Gasteiger partial charge in [-0.15, -0.1) is 5.10 Å². The number of hydrogen-bond acceptors (Lipinski definition) is 10. The molecule has 10 nitrogen and oxygen atoms in total. The first-order chi connectivity index (χ1) is 19.2. The molecule has 1 aromatic carbocycles. The van der Waals surface area contributed by atoms with Crippen LogP contribution in [0, 0.1) is 17.0 Å². The summed E-state index contributed by atoms with van der Waals surface area (Å²) in [6.45, 7) is 2.59. The van der Waals surface area contributed by atoms with Crippen LogP contribution in [0.5, 0.6) is 0 Å². The number of thioether (sulfide) groups is 1. The Kier molecular flexibility index (Phi) is 7.68. The minimum absolute atomic E-state index is 0.115. The number of pyridine rings is 1. The molecular formula is C25H25Cl2F2N5O5S. The maximum Gasteiger partial charge on any atom is 0.145 e. The van der Waals surface area contributed by atoms with E-state index in [2.05, 4.69) is 20.2 Å². The Labute approximate surface area is 242 Å². The Morgan fingerprint density at radius 1 is 1.20 bits per heavy atom. The highest BCUT2D eigenvalue weighted by Crippen LogP contribution is 2.46. The van der Waals surface area contributed by atoms with Gasteiger partial charge in [0, 0.05) is 32.0 Å². The standard InChI is InChI=1S/C25H25Cl2F2N5O5S/c1-37-22-20(34-6-16(31-32-34)12-2-14(28)19(27)15(29)3-12)21(36)17(7-35)39-24(22)40-18-4-13(26)5-30-23(18)33-8-25(9-33)10-38-11-25/h2-6,17,20-22,24,35-36H,7-11H2,1H3/t17?,20-,21-,22?,24+/m0/s1. The molecule has 2 N–H and O–H groups in total. The number of benzene rings is 1. The second-order valence-electron chi connectivity index (χ2n) is 10.2. The van der Waals surface area contributed by atoms with Crippen molar-refractivity contribution in [1.29, 1.82) is 0 Å². The first kappa shape index (κ1) is 28.0. The maximum atomic E-state index is 14.1. The molecule has 2 aromatic heterocycles. The van der Waals surface area contributed by atoms with E-state index < -0.39 is 53.1 Å². The van der Waals surface area contributed by atoms with Gasteiger partial charge in [-0.3, -0.25) is 0 Å². The molecule has 2 unspecified atom stereocenters. The van der Waals surface area contributed by atoms with Crippen molar-refractivity contribution in [3.8, 4) is 11.3 Å². The summed E-state index contributed by atoms with van der Waals surface area (Å²) in [7, 11) is 1.47. The van der Waals surface area contributed by atoms with Gasteiger partial charge in [-0.05, 0) is 18.2 Å². The average Bonchev–Trinajstić information content (AvgIpc) is 3.36. The van der Waals surface area contributed by atoms with Crippen molar-refractivity contribution >= 4 is 40.8 Å². The fraction of sp³-hybridized carbons (Fsp3) is 0.480. The molecule has 0 amide bonds. The number of halogens is 4. The summed E-state index contributed by atoms with van der Waals surface area (Å²) < 4.78 is 46.8. The van der Waals surface area contributed by atoms with E-state index in [1.807, 2.05) is 0 Å². The highest BCUT2D eigenvalue weighted by atomic mass is 35.5. The minimum Gasteiger partial charge on any atom is -0.394 e. The van der Waals surface area contributed by atoms with Crippen LogP contribution in [0.2, 0.25) is 10.0 Å². The van der Waals surface area contributed by atoms with Crippen LogP contribution in [0.25, 0.3) is 11.3 Å². The van der Waals surface area contributed by atoms with Crippen molar-refractivity contribution in [2.75, 3.05) is 44.9 Å². The van der Waals surface area contributed by atoms with Crippen molar-refractivity contribution < 1.29 is 33.2 Å². The topological polar surface area (TPSA) is 115 Å². The molecule has 3 saturated heterocycles. The maximum absolute atomic E-state index is 14.1. The third kappa shape index (κ3) is 4.96. The van der Waals surface area contributed by atoms with Crippen LogP contribution in [-0.2, 0) is 14.2 Å². The summed E-state index contributed by atoms with van der Waals surface area (Å²) in [6.07, 6.45) is 0.00976. The lowest BCUT2D eigenvalue weighted by atomic mass is 9.78. The number of ether oxygens (including phenoxy) is 3. The Hall–Kier alpha value is -2.10. The zero-order valence-electron chi connectivity index (χ0n) is 21.1. The lowest BCUT2D eigenvalue weighted by molar-refractivity contribution is -0.186. The van der Waals surface area contributed by atoms with Crippen molar-refractivity contribution in [1.82, 2.24) is 20.0 Å².